The third-order valence-electron chi connectivity index (χ3n) is 2.90. The Balaban J connectivity index is 2.29. The summed E-state index contributed by atoms with van der Waals surface area (Å²) in [6, 6.07) is 18.7. The average Bonchev–Trinajstić information content (AvgIpc) is 2.69. The molecule has 0 atom stereocenters. The lowest BCUT2D eigenvalue weighted by atomic mass is 10.2. The van der Waals surface area contributed by atoms with Crippen molar-refractivity contribution in [3.63, 3.8) is 0 Å². The van der Waals surface area contributed by atoms with Gasteiger partial charge in [0, 0.05) is 0 Å². The second-order valence-electron chi connectivity index (χ2n) is 3.92. The minimum atomic E-state index is 1.14. The molecule has 0 amide bonds. The highest BCUT2D eigenvalue weighted by molar-refractivity contribution is 5.74. The first-order chi connectivity index (χ1) is 7.86. The van der Waals surface area contributed by atoms with Crippen molar-refractivity contribution in [2.75, 3.05) is 0 Å². The fourth-order valence-corrected chi connectivity index (χ4v) is 2.07. The standard InChI is InChI=1S/C14H12N2/c1-16-13-10-6-5-9-12(13)15-14(16)11-7-3-2-4-8-11/h2-10H,1H3/p+1. The molecule has 3 aromatic rings. The van der Waals surface area contributed by atoms with Gasteiger partial charge >= 0.3 is 0 Å². The number of hydrogen-bond acceptors (Lipinski definition) is 0. The summed E-state index contributed by atoms with van der Waals surface area (Å²) in [5.74, 6) is 1.14. The van der Waals surface area contributed by atoms with E-state index >= 15 is 0 Å². The maximum absolute atomic E-state index is 3.44. The molecule has 0 fully saturated rings. The third-order valence-corrected chi connectivity index (χ3v) is 2.90. The van der Waals surface area contributed by atoms with Crippen LogP contribution in [0.1, 0.15) is 0 Å². The van der Waals surface area contributed by atoms with E-state index in [9.17, 15) is 0 Å². The fraction of sp³-hybridized carbons (Fsp3) is 0.0714. The zero-order valence-electron chi connectivity index (χ0n) is 9.14. The van der Waals surface area contributed by atoms with Crippen LogP contribution < -0.4 is 4.57 Å². The largest absolute Gasteiger partial charge is 0.287 e. The van der Waals surface area contributed by atoms with Gasteiger partial charge in [-0.25, -0.2) is 9.55 Å². The minimum Gasteiger partial charge on any atom is -0.236 e. The molecule has 0 saturated carbocycles. The van der Waals surface area contributed by atoms with Gasteiger partial charge in [0.2, 0.25) is 0 Å². The van der Waals surface area contributed by atoms with Crippen molar-refractivity contribution in [3.05, 3.63) is 54.6 Å². The van der Waals surface area contributed by atoms with Gasteiger partial charge in [0.25, 0.3) is 5.82 Å². The summed E-state index contributed by atoms with van der Waals surface area (Å²) in [5.41, 5.74) is 3.60. The molecule has 0 radical (unpaired) electrons. The number of benzene rings is 2. The van der Waals surface area contributed by atoms with Crippen LogP contribution in [0, 0.1) is 0 Å². The van der Waals surface area contributed by atoms with Gasteiger partial charge in [-0.05, 0) is 24.3 Å². The molecule has 78 valence electrons. The van der Waals surface area contributed by atoms with Crippen molar-refractivity contribution < 1.29 is 4.57 Å². The van der Waals surface area contributed by atoms with Crippen LogP contribution in [-0.2, 0) is 7.05 Å². The number of aromatic amines is 1. The summed E-state index contributed by atoms with van der Waals surface area (Å²) < 4.78 is 2.19. The van der Waals surface area contributed by atoms with Crippen LogP contribution in [0.2, 0.25) is 0 Å². The predicted octanol–water partition coefficient (Wildman–Crippen LogP) is 2.66. The van der Waals surface area contributed by atoms with E-state index in [2.05, 4.69) is 59.1 Å². The van der Waals surface area contributed by atoms with E-state index in [0.717, 1.165) is 5.82 Å². The van der Waals surface area contributed by atoms with E-state index in [-0.39, 0.29) is 0 Å². The molecule has 2 aromatic carbocycles. The molecule has 0 saturated heterocycles. The zero-order valence-corrected chi connectivity index (χ0v) is 9.14. The second kappa shape index (κ2) is 3.49. The van der Waals surface area contributed by atoms with Gasteiger partial charge in [0.1, 0.15) is 0 Å². The highest BCUT2D eigenvalue weighted by Gasteiger charge is 2.15. The second-order valence-corrected chi connectivity index (χ2v) is 3.92. The lowest BCUT2D eigenvalue weighted by molar-refractivity contribution is -0.633. The number of nitrogens with one attached hydrogen (secondary N) is 1. The van der Waals surface area contributed by atoms with Gasteiger partial charge in [-0.3, -0.25) is 0 Å². The van der Waals surface area contributed by atoms with Crippen LogP contribution in [0.5, 0.6) is 0 Å². The summed E-state index contributed by atoms with van der Waals surface area (Å²) >= 11 is 0. The SMILES string of the molecule is C[n+]1c(-c2ccccc2)[nH]c2ccccc21. The summed E-state index contributed by atoms with van der Waals surface area (Å²) in [7, 11) is 2.08. The number of fused-ring (bicyclic) bond motifs is 1. The van der Waals surface area contributed by atoms with Crippen LogP contribution in [0.15, 0.2) is 54.6 Å². The molecule has 0 bridgehead atoms. The molecule has 0 aliphatic carbocycles. The van der Waals surface area contributed by atoms with Gasteiger partial charge in [0.05, 0.1) is 12.6 Å². The maximum atomic E-state index is 3.44. The number of aryl methyl sites for hydroxylation is 1. The molecule has 2 nitrogen and oxygen atoms in total. The van der Waals surface area contributed by atoms with Gasteiger partial charge in [-0.2, -0.15) is 0 Å². The highest BCUT2D eigenvalue weighted by Crippen LogP contribution is 2.17. The average molecular weight is 209 g/mol. The smallest absolute Gasteiger partial charge is 0.236 e. The first kappa shape index (κ1) is 9.16. The van der Waals surface area contributed by atoms with E-state index < -0.39 is 0 Å². The first-order valence-corrected chi connectivity index (χ1v) is 5.38. The van der Waals surface area contributed by atoms with Crippen LogP contribution in [0.3, 0.4) is 0 Å². The van der Waals surface area contributed by atoms with Crippen molar-refractivity contribution in [3.8, 4) is 11.4 Å². The Morgan fingerprint density at radius 2 is 1.56 bits per heavy atom. The molecule has 1 heterocycles. The Hall–Kier alpha value is -2.09. The van der Waals surface area contributed by atoms with Crippen molar-refractivity contribution in [1.29, 1.82) is 0 Å². The van der Waals surface area contributed by atoms with E-state index in [1.54, 1.807) is 0 Å². The molecule has 3 rings (SSSR count). The van der Waals surface area contributed by atoms with Gasteiger partial charge in [0.15, 0.2) is 11.0 Å². The Labute approximate surface area is 94.2 Å². The molecular weight excluding hydrogens is 196 g/mol. The monoisotopic (exact) mass is 209 g/mol. The molecule has 0 aliphatic rings. The van der Waals surface area contributed by atoms with Crippen molar-refractivity contribution >= 4 is 11.0 Å². The lowest BCUT2D eigenvalue weighted by Gasteiger charge is -1.94. The summed E-state index contributed by atoms with van der Waals surface area (Å²) in [5, 5.41) is 0. The minimum absolute atomic E-state index is 1.14. The Bertz CT molecular complexity index is 624. The highest BCUT2D eigenvalue weighted by atomic mass is 15.1. The van der Waals surface area contributed by atoms with Crippen molar-refractivity contribution in [2.45, 2.75) is 0 Å². The van der Waals surface area contributed by atoms with Crippen LogP contribution >= 0.6 is 0 Å². The maximum Gasteiger partial charge on any atom is 0.287 e. The van der Waals surface area contributed by atoms with E-state index in [0.29, 0.717) is 0 Å². The summed E-state index contributed by atoms with van der Waals surface area (Å²) in [4.78, 5) is 3.44. The quantitative estimate of drug-likeness (QED) is 0.594. The van der Waals surface area contributed by atoms with Crippen molar-refractivity contribution in [2.24, 2.45) is 7.05 Å². The first-order valence-electron chi connectivity index (χ1n) is 5.38. The number of hydrogen-bond donors (Lipinski definition) is 1. The lowest BCUT2D eigenvalue weighted by Crippen LogP contribution is -2.28. The number of aromatic nitrogens is 2. The Kier molecular flexibility index (Phi) is 2.00. The van der Waals surface area contributed by atoms with E-state index in [1.807, 2.05) is 12.1 Å². The molecule has 0 unspecified atom stereocenters. The summed E-state index contributed by atoms with van der Waals surface area (Å²) in [6.07, 6.45) is 0. The van der Waals surface area contributed by atoms with Crippen LogP contribution in [0.25, 0.3) is 22.4 Å². The fourth-order valence-electron chi connectivity index (χ4n) is 2.07. The number of imidazole rings is 1. The molecule has 1 aromatic heterocycles. The topological polar surface area (TPSA) is 19.7 Å². The third kappa shape index (κ3) is 1.31. The molecule has 0 spiro atoms. The van der Waals surface area contributed by atoms with Crippen molar-refractivity contribution in [1.82, 2.24) is 4.98 Å². The molecule has 1 N–H and O–H groups in total. The molecular formula is C14H13N2+. The number of nitrogens with zero attached hydrogens (tertiary/aromatic N) is 1. The number of para-hydroxylation sites is 2. The summed E-state index contributed by atoms with van der Waals surface area (Å²) in [6.45, 7) is 0. The number of rotatable bonds is 1. The normalized spacial score (nSPS) is 10.8. The van der Waals surface area contributed by atoms with Gasteiger partial charge in [-0.15, -0.1) is 0 Å². The van der Waals surface area contributed by atoms with Gasteiger partial charge in [-0.1, -0.05) is 30.3 Å². The zero-order chi connectivity index (χ0) is 11.0. The number of H-pyrrole nitrogens is 1. The van der Waals surface area contributed by atoms with E-state index in [1.165, 1.54) is 16.6 Å². The molecule has 0 aliphatic heterocycles. The van der Waals surface area contributed by atoms with Gasteiger partial charge < -0.3 is 0 Å². The van der Waals surface area contributed by atoms with E-state index in [4.69, 9.17) is 0 Å². The molecule has 16 heavy (non-hydrogen) atoms. The molecule has 2 heteroatoms. The Morgan fingerprint density at radius 3 is 2.31 bits per heavy atom. The Morgan fingerprint density at radius 1 is 0.875 bits per heavy atom. The van der Waals surface area contributed by atoms with Crippen LogP contribution in [-0.4, -0.2) is 4.98 Å². The van der Waals surface area contributed by atoms with Crippen LogP contribution in [0.4, 0.5) is 0 Å². The predicted molar refractivity (Wildman–Crippen MR) is 64.9 cm³/mol.